The van der Waals surface area contributed by atoms with Crippen molar-refractivity contribution >= 4 is 88.0 Å². The Bertz CT molecular complexity index is 3480. The van der Waals surface area contributed by atoms with Crippen molar-refractivity contribution in [2.75, 3.05) is 0 Å². The Hall–Kier alpha value is -6.14. The predicted octanol–water partition coefficient (Wildman–Crippen LogP) is 11.1. The molecule has 6 aromatic carbocycles. The zero-order valence-electron chi connectivity index (χ0n) is 36.4. The maximum absolute atomic E-state index is 16.3. The Labute approximate surface area is 382 Å². The van der Waals surface area contributed by atoms with Gasteiger partial charge >= 0.3 is 0 Å². The fourth-order valence-corrected chi connectivity index (χ4v) is 18.9. The average Bonchev–Trinajstić information content (AvgIpc) is 3.69. The molecule has 0 saturated carbocycles. The molecule has 318 valence electrons. The Morgan fingerprint density at radius 2 is 1.25 bits per heavy atom. The lowest BCUT2D eigenvalue weighted by atomic mass is 10.00. The minimum absolute atomic E-state index is 0.197. The van der Waals surface area contributed by atoms with Crippen LogP contribution < -0.4 is 42.4 Å². The number of nitrogens with zero attached hydrogens (tertiary/aromatic N) is 2. The first-order valence-electron chi connectivity index (χ1n) is 22.6. The van der Waals surface area contributed by atoms with Crippen LogP contribution in [0.4, 0.5) is 0 Å². The number of pyridine rings is 1. The van der Waals surface area contributed by atoms with Crippen LogP contribution in [0.25, 0.3) is 39.6 Å². The van der Waals surface area contributed by atoms with Crippen LogP contribution in [0.2, 0.25) is 0 Å². The molecule has 11 rings (SSSR count). The zero-order chi connectivity index (χ0) is 44.0. The maximum Gasteiger partial charge on any atom is 0.171 e. The fourth-order valence-electron chi connectivity index (χ4n) is 10.2. The average molecular weight is 899 g/mol. The minimum atomic E-state index is -3.40. The van der Waals surface area contributed by atoms with Crippen LogP contribution in [0.5, 0.6) is 0 Å². The smallest absolute Gasteiger partial charge is 0.171 e. The zero-order valence-corrected chi connectivity index (χ0v) is 39.1. The summed E-state index contributed by atoms with van der Waals surface area (Å²) >= 11 is 0. The first-order chi connectivity index (χ1) is 31.8. The molecule has 2 aromatic heterocycles. The lowest BCUT2D eigenvalue weighted by Crippen LogP contribution is -2.39. The number of benzene rings is 6. The quantitative estimate of drug-likeness (QED) is 0.129. The Morgan fingerprint density at radius 3 is 1.94 bits per heavy atom. The van der Waals surface area contributed by atoms with Crippen LogP contribution in [0, 0.1) is 0 Å². The summed E-state index contributed by atoms with van der Waals surface area (Å²) in [7, 11) is -7.25. The molecule has 3 aliphatic carbocycles. The van der Waals surface area contributed by atoms with E-state index in [2.05, 4.69) is 132 Å². The molecular formula is C58H49N2O2P3. The summed E-state index contributed by atoms with van der Waals surface area (Å²) in [6.07, 6.45) is 24.5. The lowest BCUT2D eigenvalue weighted by Gasteiger charge is -2.39. The molecular weight excluding hydrogens is 850 g/mol. The number of rotatable bonds is 10. The van der Waals surface area contributed by atoms with Gasteiger partial charge in [0.15, 0.2) is 14.3 Å². The summed E-state index contributed by atoms with van der Waals surface area (Å²) in [5.41, 5.74) is 2.86. The van der Waals surface area contributed by atoms with Crippen LogP contribution in [0.3, 0.4) is 0 Å². The number of aromatic nitrogens is 2. The van der Waals surface area contributed by atoms with Crippen molar-refractivity contribution in [3.63, 3.8) is 0 Å². The van der Waals surface area contributed by atoms with Gasteiger partial charge in [0.1, 0.15) is 0 Å². The Morgan fingerprint density at radius 1 is 0.615 bits per heavy atom. The molecule has 4 atom stereocenters. The van der Waals surface area contributed by atoms with Gasteiger partial charge in [-0.3, -0.25) is 4.98 Å². The van der Waals surface area contributed by atoms with Crippen LogP contribution >= 0.6 is 22.2 Å². The van der Waals surface area contributed by atoms with Crippen LogP contribution in [0.15, 0.2) is 217 Å². The van der Waals surface area contributed by atoms with Gasteiger partial charge in [-0.1, -0.05) is 165 Å². The fraction of sp³-hybridized carbons (Fsp3) is 0.121. The van der Waals surface area contributed by atoms with Gasteiger partial charge < -0.3 is 13.7 Å². The molecule has 0 spiro atoms. The van der Waals surface area contributed by atoms with E-state index in [1.165, 1.54) is 10.6 Å². The summed E-state index contributed by atoms with van der Waals surface area (Å²) in [6, 6.07) is 56.0. The highest BCUT2D eigenvalue weighted by molar-refractivity contribution is 7.85. The summed E-state index contributed by atoms with van der Waals surface area (Å²) in [5.74, 6) is 0. The second-order valence-corrected chi connectivity index (χ2v) is 25.8. The topological polar surface area (TPSA) is 52.0 Å². The molecule has 0 radical (unpaired) electrons. The van der Waals surface area contributed by atoms with Gasteiger partial charge in [-0.2, -0.15) is 0 Å². The first-order valence-corrected chi connectivity index (χ1v) is 27.3. The van der Waals surface area contributed by atoms with E-state index in [-0.39, 0.29) is 5.16 Å². The number of allylic oxidation sites excluding steroid dienone is 8. The van der Waals surface area contributed by atoms with Crippen molar-refractivity contribution in [2.24, 2.45) is 0 Å². The van der Waals surface area contributed by atoms with Crippen LogP contribution in [-0.4, -0.2) is 14.7 Å². The highest BCUT2D eigenvalue weighted by Gasteiger charge is 2.38. The SMILES string of the molecule is C[C@@]1(P(C2=CC=CCC2)c2ccccc2)C=c2c(n(-c3ccc(P(=O)(C4=CC=CCC4)c4ccccc4)cc3)c3ccc(P(=O)(c4ccccc4)c4ccc5cccnc5c4)cc23)=CC1. The van der Waals surface area contributed by atoms with Gasteiger partial charge in [0.25, 0.3) is 0 Å². The van der Waals surface area contributed by atoms with E-state index in [4.69, 9.17) is 0 Å². The second kappa shape index (κ2) is 17.0. The van der Waals surface area contributed by atoms with Gasteiger partial charge in [0, 0.05) is 64.9 Å². The largest absolute Gasteiger partial charge is 0.310 e. The van der Waals surface area contributed by atoms with E-state index in [0.29, 0.717) is 0 Å². The minimum Gasteiger partial charge on any atom is -0.310 e. The Balaban J connectivity index is 1.14. The van der Waals surface area contributed by atoms with Gasteiger partial charge in [-0.15, -0.1) is 0 Å². The molecule has 0 fully saturated rings. The third kappa shape index (κ3) is 7.24. The third-order valence-corrected chi connectivity index (χ3v) is 22.8. The van der Waals surface area contributed by atoms with Crippen LogP contribution in [-0.2, 0) is 9.13 Å². The van der Waals surface area contributed by atoms with Gasteiger partial charge in [0.05, 0.1) is 11.0 Å². The van der Waals surface area contributed by atoms with E-state index in [1.54, 1.807) is 6.20 Å². The van der Waals surface area contributed by atoms with Crippen LogP contribution in [0.1, 0.15) is 39.0 Å². The van der Waals surface area contributed by atoms with Crippen molar-refractivity contribution in [3.8, 4) is 5.69 Å². The molecule has 4 nitrogen and oxygen atoms in total. The second-order valence-electron chi connectivity index (χ2n) is 17.5. The maximum atomic E-state index is 16.3. The van der Waals surface area contributed by atoms with E-state index >= 15 is 9.13 Å². The molecule has 0 saturated heterocycles. The van der Waals surface area contributed by atoms with Crippen molar-refractivity contribution in [2.45, 2.75) is 44.2 Å². The summed E-state index contributed by atoms with van der Waals surface area (Å²) < 4.78 is 34.1. The molecule has 0 bridgehead atoms. The van der Waals surface area contributed by atoms with E-state index in [0.717, 1.165) is 102 Å². The molecule has 0 amide bonds. The molecule has 7 heteroatoms. The molecule has 0 aliphatic heterocycles. The number of hydrogen-bond donors (Lipinski definition) is 0. The highest BCUT2D eigenvalue weighted by Crippen LogP contribution is 2.60. The Kier molecular flexibility index (Phi) is 10.9. The number of fused-ring (bicyclic) bond motifs is 4. The molecule has 3 unspecified atom stereocenters. The summed E-state index contributed by atoms with van der Waals surface area (Å²) in [4.78, 5) is 4.68. The standard InChI is InChI=1S/C58H49N2O2P3/c1-58(63(45-19-7-2-8-20-45)46-21-9-3-10-22-46)38-37-57-54(42-58)53-40-51(65(62,49-27-15-6-16-28-49)52-32-29-43-18-17-39-59-55(43)41-52)35-36-56(53)60(57)44-30-33-50(34-31-44)64(61,47-23-11-4-12-24-47)48-25-13-5-14-26-48/h2-9,11-13,15-21,23-25,27-37,39-42H,10,14,22,26,38H2,1H3/t58-,63?,64?,65?/m0/s1. The molecule has 65 heavy (non-hydrogen) atoms. The lowest BCUT2D eigenvalue weighted by molar-refractivity contribution is 0.589. The van der Waals surface area contributed by atoms with Gasteiger partial charge in [-0.05, 0) is 111 Å². The molecule has 8 aromatic rings. The first kappa shape index (κ1) is 41.6. The summed E-state index contributed by atoms with van der Waals surface area (Å²) in [6.45, 7) is 2.44. The van der Waals surface area contributed by atoms with Crippen molar-refractivity contribution < 1.29 is 9.13 Å². The molecule has 3 aliphatic rings. The van der Waals surface area contributed by atoms with E-state index < -0.39 is 22.2 Å². The molecule has 2 heterocycles. The van der Waals surface area contributed by atoms with E-state index in [9.17, 15) is 0 Å². The molecule has 0 N–H and O–H groups in total. The van der Waals surface area contributed by atoms with Crippen molar-refractivity contribution in [3.05, 3.63) is 228 Å². The predicted molar refractivity (Wildman–Crippen MR) is 278 cm³/mol. The van der Waals surface area contributed by atoms with Gasteiger partial charge in [-0.25, -0.2) is 0 Å². The normalized spacial score (nSPS) is 19.2. The number of hydrogen-bond acceptors (Lipinski definition) is 3. The van der Waals surface area contributed by atoms with Gasteiger partial charge in [0.2, 0.25) is 0 Å². The monoisotopic (exact) mass is 898 g/mol. The third-order valence-electron chi connectivity index (χ3n) is 13.4. The van der Waals surface area contributed by atoms with E-state index in [1.807, 2.05) is 97.1 Å². The highest BCUT2D eigenvalue weighted by atomic mass is 31.2. The van der Waals surface area contributed by atoms with Crippen molar-refractivity contribution in [1.82, 2.24) is 9.55 Å². The summed E-state index contributed by atoms with van der Waals surface area (Å²) in [5, 5.41) is 12.1. The van der Waals surface area contributed by atoms with Crippen molar-refractivity contribution in [1.29, 1.82) is 0 Å².